The summed E-state index contributed by atoms with van der Waals surface area (Å²) < 4.78 is 25.2. The maximum Gasteiger partial charge on any atom is 0.434 e. The van der Waals surface area contributed by atoms with E-state index in [0.717, 1.165) is 30.9 Å². The van der Waals surface area contributed by atoms with Crippen LogP contribution in [0, 0.1) is 11.8 Å². The molecule has 2 atom stereocenters. The normalized spacial score (nSPS) is 25.7. The molecule has 1 aromatic carbocycles. The predicted molar refractivity (Wildman–Crippen MR) is 131 cm³/mol. The van der Waals surface area contributed by atoms with Gasteiger partial charge in [-0.2, -0.15) is 4.31 Å². The highest BCUT2D eigenvalue weighted by molar-refractivity contribution is 7.88. The fourth-order valence-corrected chi connectivity index (χ4v) is 6.62. The Bertz CT molecular complexity index is 1140. The number of piperazine rings is 1. The molecule has 0 N–H and O–H groups in total. The fraction of sp³-hybridized carbons (Fsp3) is 0.609. The molecule has 0 saturated carbocycles. The Hall–Kier alpha value is -2.41. The number of sulfonamides is 1. The van der Waals surface area contributed by atoms with E-state index in [1.165, 1.54) is 10.6 Å². The molecule has 0 bridgehead atoms. The van der Waals surface area contributed by atoms with Crippen LogP contribution in [0.25, 0.3) is 0 Å². The second kappa shape index (κ2) is 9.81. The molecule has 11 nitrogen and oxygen atoms in total. The molecule has 4 heterocycles. The van der Waals surface area contributed by atoms with Crippen LogP contribution in [0.3, 0.4) is 0 Å². The van der Waals surface area contributed by atoms with Gasteiger partial charge in [0.1, 0.15) is 0 Å². The van der Waals surface area contributed by atoms with Crippen molar-refractivity contribution in [3.05, 3.63) is 28.8 Å². The van der Waals surface area contributed by atoms with E-state index in [0.29, 0.717) is 49.4 Å². The third-order valence-corrected chi connectivity index (χ3v) is 9.02. The molecule has 4 fully saturated rings. The van der Waals surface area contributed by atoms with Gasteiger partial charge in [0.25, 0.3) is 11.8 Å². The summed E-state index contributed by atoms with van der Waals surface area (Å²) in [7, 11) is -3.20. The van der Waals surface area contributed by atoms with Crippen molar-refractivity contribution < 1.29 is 27.6 Å². The topological polar surface area (TPSA) is 111 Å². The Morgan fingerprint density at radius 2 is 1.61 bits per heavy atom. The minimum Gasteiger partial charge on any atom is -0.369 e. The Morgan fingerprint density at radius 3 is 2.19 bits per heavy atom. The Kier molecular flexibility index (Phi) is 6.88. The van der Waals surface area contributed by atoms with Crippen LogP contribution < -0.4 is 4.90 Å². The van der Waals surface area contributed by atoms with Gasteiger partial charge in [0.15, 0.2) is 0 Å². The zero-order chi connectivity index (χ0) is 25.6. The molecule has 36 heavy (non-hydrogen) atoms. The van der Waals surface area contributed by atoms with Gasteiger partial charge in [-0.15, -0.1) is 5.06 Å². The van der Waals surface area contributed by atoms with Crippen LogP contribution in [-0.2, 0) is 31.0 Å². The molecule has 1 aromatic rings. The number of hydrogen-bond acceptors (Lipinski definition) is 8. The van der Waals surface area contributed by atoms with Gasteiger partial charge >= 0.3 is 6.09 Å². The number of rotatable bonds is 5. The monoisotopic (exact) mass is 539 g/mol. The van der Waals surface area contributed by atoms with Crippen molar-refractivity contribution in [2.75, 3.05) is 63.5 Å². The van der Waals surface area contributed by atoms with Gasteiger partial charge in [-0.1, -0.05) is 17.7 Å². The lowest BCUT2D eigenvalue weighted by Gasteiger charge is -2.36. The lowest BCUT2D eigenvalue weighted by Crippen LogP contribution is -2.48. The summed E-state index contributed by atoms with van der Waals surface area (Å²) >= 11 is 6.31. The van der Waals surface area contributed by atoms with E-state index in [4.69, 9.17) is 16.4 Å². The maximum atomic E-state index is 12.5. The first kappa shape index (κ1) is 25.2. The number of benzene rings is 1. The molecular weight excluding hydrogens is 510 g/mol. The summed E-state index contributed by atoms with van der Waals surface area (Å²) in [6.07, 6.45) is 0.746. The number of carbonyl (C=O) groups excluding carboxylic acids is 3. The SMILES string of the molecule is CS(=O)(=O)N1CCN(c2cc(Cl)ccc2CN2CC3CN(C(=O)ON4C(=O)CCC4=O)CC3C2)CC1. The third-order valence-electron chi connectivity index (χ3n) is 7.48. The number of hydroxylamine groups is 2. The molecule has 4 saturated heterocycles. The number of halogens is 1. The first-order valence-corrected chi connectivity index (χ1v) is 14.3. The number of carbonyl (C=O) groups is 3. The fourth-order valence-electron chi connectivity index (χ4n) is 5.63. The first-order valence-electron chi connectivity index (χ1n) is 12.1. The molecule has 2 unspecified atom stereocenters. The second-order valence-electron chi connectivity index (χ2n) is 9.98. The van der Waals surface area contributed by atoms with E-state index >= 15 is 0 Å². The van der Waals surface area contributed by atoms with Gasteiger partial charge in [0, 0.05) is 82.5 Å². The van der Waals surface area contributed by atoms with Crippen molar-refractivity contribution in [2.45, 2.75) is 19.4 Å². The number of likely N-dealkylation sites (tertiary alicyclic amines) is 2. The van der Waals surface area contributed by atoms with E-state index in [9.17, 15) is 22.8 Å². The minimum absolute atomic E-state index is 0.0758. The van der Waals surface area contributed by atoms with E-state index in [-0.39, 0.29) is 24.7 Å². The van der Waals surface area contributed by atoms with Crippen LogP contribution >= 0.6 is 11.6 Å². The predicted octanol–water partition coefficient (Wildman–Crippen LogP) is 0.986. The molecule has 196 valence electrons. The van der Waals surface area contributed by atoms with Gasteiger partial charge in [-0.3, -0.25) is 14.5 Å². The van der Waals surface area contributed by atoms with E-state index < -0.39 is 27.9 Å². The van der Waals surface area contributed by atoms with E-state index in [1.807, 2.05) is 18.2 Å². The van der Waals surface area contributed by atoms with Gasteiger partial charge in [0.2, 0.25) is 10.0 Å². The maximum absolute atomic E-state index is 12.5. The molecule has 13 heteroatoms. The smallest absolute Gasteiger partial charge is 0.369 e. The number of amides is 3. The van der Waals surface area contributed by atoms with Crippen molar-refractivity contribution in [1.82, 2.24) is 19.2 Å². The van der Waals surface area contributed by atoms with Crippen molar-refractivity contribution >= 4 is 45.2 Å². The molecule has 0 aromatic heterocycles. The molecule has 5 rings (SSSR count). The zero-order valence-electron chi connectivity index (χ0n) is 20.1. The van der Waals surface area contributed by atoms with Crippen molar-refractivity contribution in [3.63, 3.8) is 0 Å². The van der Waals surface area contributed by atoms with Gasteiger partial charge in [-0.05, 0) is 29.5 Å². The van der Waals surface area contributed by atoms with Crippen LogP contribution in [0.1, 0.15) is 18.4 Å². The van der Waals surface area contributed by atoms with Crippen molar-refractivity contribution in [2.24, 2.45) is 11.8 Å². The lowest BCUT2D eigenvalue weighted by atomic mass is 10.0. The van der Waals surface area contributed by atoms with Crippen molar-refractivity contribution in [3.8, 4) is 0 Å². The van der Waals surface area contributed by atoms with Gasteiger partial charge < -0.3 is 14.6 Å². The number of imide groups is 1. The summed E-state index contributed by atoms with van der Waals surface area (Å²) in [5.41, 5.74) is 2.16. The second-order valence-corrected chi connectivity index (χ2v) is 12.4. The Morgan fingerprint density at radius 1 is 1.00 bits per heavy atom. The first-order chi connectivity index (χ1) is 17.1. The molecular formula is C23H30ClN5O6S. The molecule has 0 spiro atoms. The zero-order valence-corrected chi connectivity index (χ0v) is 21.7. The van der Waals surface area contributed by atoms with Gasteiger partial charge in [0.05, 0.1) is 6.26 Å². The highest BCUT2D eigenvalue weighted by Gasteiger charge is 2.43. The summed E-state index contributed by atoms with van der Waals surface area (Å²) in [5.74, 6) is -0.376. The minimum atomic E-state index is -3.20. The summed E-state index contributed by atoms with van der Waals surface area (Å²) in [6, 6.07) is 5.85. The lowest BCUT2D eigenvalue weighted by molar-refractivity contribution is -0.173. The Balaban J connectivity index is 1.18. The van der Waals surface area contributed by atoms with Gasteiger partial charge in [-0.25, -0.2) is 13.2 Å². The molecule has 3 amide bonds. The van der Waals surface area contributed by atoms with E-state index in [1.54, 1.807) is 4.90 Å². The molecule has 0 aliphatic carbocycles. The molecule has 0 radical (unpaired) electrons. The summed E-state index contributed by atoms with van der Waals surface area (Å²) in [4.78, 5) is 47.2. The van der Waals surface area contributed by atoms with Crippen LogP contribution in [-0.4, -0.2) is 104 Å². The number of fused-ring (bicyclic) bond motifs is 1. The Labute approximate surface area is 215 Å². The van der Waals surface area contributed by atoms with Crippen LogP contribution in [0.4, 0.5) is 10.5 Å². The average molecular weight is 540 g/mol. The van der Waals surface area contributed by atoms with E-state index in [2.05, 4.69) is 9.80 Å². The highest BCUT2D eigenvalue weighted by atomic mass is 35.5. The van der Waals surface area contributed by atoms with Crippen LogP contribution in [0.15, 0.2) is 18.2 Å². The number of hydrogen-bond donors (Lipinski definition) is 0. The average Bonchev–Trinajstić information content (AvgIpc) is 3.49. The quantitative estimate of drug-likeness (QED) is 0.509. The largest absolute Gasteiger partial charge is 0.434 e. The number of nitrogens with zero attached hydrogens (tertiary/aromatic N) is 5. The van der Waals surface area contributed by atoms with Crippen molar-refractivity contribution in [1.29, 1.82) is 0 Å². The van der Waals surface area contributed by atoms with Crippen LogP contribution in [0.2, 0.25) is 5.02 Å². The molecule has 4 aliphatic heterocycles. The standard InChI is InChI=1S/C23H30ClN5O6S/c1-36(33,34)28-8-6-26(7-9-28)20-10-19(24)3-2-16(20)11-25-12-17-14-27(15-18(17)13-25)23(32)35-29-21(30)4-5-22(29)31/h2-3,10,17-18H,4-9,11-15H2,1H3. The summed E-state index contributed by atoms with van der Waals surface area (Å²) in [5, 5.41) is 1.24. The summed E-state index contributed by atoms with van der Waals surface area (Å²) in [6.45, 7) is 5.51. The molecule has 4 aliphatic rings. The highest BCUT2D eigenvalue weighted by Crippen LogP contribution is 2.34. The third kappa shape index (κ3) is 5.17. The van der Waals surface area contributed by atoms with Crippen LogP contribution in [0.5, 0.6) is 0 Å². The number of anilines is 1.